The Morgan fingerprint density at radius 1 is 0.276 bits per heavy atom. The monoisotopic (exact) mass is 738 g/mol. The number of benzene rings is 10. The molecule has 1 aromatic heterocycles. The number of hydrogen-bond acceptors (Lipinski definition) is 1. The molecule has 11 aromatic rings. The minimum Gasteiger partial charge on any atom is -0.311 e. The number of aromatic nitrogens is 1. The van der Waals surface area contributed by atoms with Crippen LogP contribution < -0.4 is 4.90 Å². The Labute approximate surface area is 338 Å². The van der Waals surface area contributed by atoms with Gasteiger partial charge < -0.3 is 9.47 Å². The molecule has 272 valence electrons. The van der Waals surface area contributed by atoms with E-state index in [4.69, 9.17) is 0 Å². The summed E-state index contributed by atoms with van der Waals surface area (Å²) in [6.45, 7) is 0. The first kappa shape index (κ1) is 33.6. The molecule has 0 fully saturated rings. The minimum atomic E-state index is 1.10. The molecule has 1 heterocycles. The lowest BCUT2D eigenvalue weighted by atomic mass is 10.0. The first-order valence-electron chi connectivity index (χ1n) is 19.9. The van der Waals surface area contributed by atoms with Crippen molar-refractivity contribution in [2.24, 2.45) is 0 Å². The maximum Gasteiger partial charge on any atom is 0.0619 e. The fourth-order valence-corrected chi connectivity index (χ4v) is 8.66. The molecule has 10 aromatic carbocycles. The third kappa shape index (κ3) is 5.91. The molecule has 2 heteroatoms. The summed E-state index contributed by atoms with van der Waals surface area (Å²) in [5, 5.41) is 7.52. The van der Waals surface area contributed by atoms with Crippen LogP contribution in [0.2, 0.25) is 0 Å². The lowest BCUT2D eigenvalue weighted by Gasteiger charge is -2.26. The van der Waals surface area contributed by atoms with Gasteiger partial charge in [-0.25, -0.2) is 0 Å². The Morgan fingerprint density at radius 2 is 0.724 bits per heavy atom. The van der Waals surface area contributed by atoms with Crippen molar-refractivity contribution in [3.05, 3.63) is 231 Å². The molecule has 58 heavy (non-hydrogen) atoms. The van der Waals surface area contributed by atoms with Crippen molar-refractivity contribution in [3.63, 3.8) is 0 Å². The van der Waals surface area contributed by atoms with E-state index in [0.717, 1.165) is 22.7 Å². The van der Waals surface area contributed by atoms with Crippen molar-refractivity contribution in [3.8, 4) is 39.1 Å². The molecule has 0 aliphatic rings. The highest BCUT2D eigenvalue weighted by atomic mass is 15.1. The Morgan fingerprint density at radius 3 is 1.38 bits per heavy atom. The highest BCUT2D eigenvalue weighted by Crippen LogP contribution is 2.41. The zero-order valence-corrected chi connectivity index (χ0v) is 31.8. The molecule has 0 radical (unpaired) electrons. The summed E-state index contributed by atoms with van der Waals surface area (Å²) >= 11 is 0. The predicted molar refractivity (Wildman–Crippen MR) is 247 cm³/mol. The summed E-state index contributed by atoms with van der Waals surface area (Å²) in [5.41, 5.74) is 14.1. The van der Waals surface area contributed by atoms with E-state index in [1.807, 2.05) is 0 Å². The van der Waals surface area contributed by atoms with Gasteiger partial charge in [-0.1, -0.05) is 170 Å². The summed E-state index contributed by atoms with van der Waals surface area (Å²) in [6.07, 6.45) is 0. The van der Waals surface area contributed by atoms with Crippen molar-refractivity contribution in [1.82, 2.24) is 4.57 Å². The van der Waals surface area contributed by atoms with Crippen LogP contribution in [-0.4, -0.2) is 4.57 Å². The van der Waals surface area contributed by atoms with Gasteiger partial charge in [0, 0.05) is 38.9 Å². The lowest BCUT2D eigenvalue weighted by Crippen LogP contribution is -2.09. The van der Waals surface area contributed by atoms with Gasteiger partial charge in [-0.3, -0.25) is 0 Å². The number of anilines is 3. The zero-order chi connectivity index (χ0) is 38.4. The highest BCUT2D eigenvalue weighted by molar-refractivity contribution is 6.19. The lowest BCUT2D eigenvalue weighted by molar-refractivity contribution is 1.19. The smallest absolute Gasteiger partial charge is 0.0619 e. The standard InChI is InChI=1S/C56H38N2/c1-3-11-39(12-4-1)41-21-29-49(30-22-41)57(50-31-23-42(24-32-50)46-20-19-40-13-7-8-15-45(40)37-46)51-33-25-43(26-34-51)47-28-35-53-54-36-27-44-14-9-10-18-52(44)56(54)58(55(53)38-47)48-16-5-2-6-17-48/h1-38H. The highest BCUT2D eigenvalue weighted by Gasteiger charge is 2.17. The van der Waals surface area contributed by atoms with Gasteiger partial charge in [-0.2, -0.15) is 0 Å². The van der Waals surface area contributed by atoms with Crippen molar-refractivity contribution in [2.45, 2.75) is 0 Å². The molecule has 0 bridgehead atoms. The second-order valence-electron chi connectivity index (χ2n) is 15.0. The largest absolute Gasteiger partial charge is 0.311 e. The summed E-state index contributed by atoms with van der Waals surface area (Å²) < 4.78 is 2.44. The van der Waals surface area contributed by atoms with Gasteiger partial charge in [0.2, 0.25) is 0 Å². The second kappa shape index (κ2) is 14.1. The summed E-state index contributed by atoms with van der Waals surface area (Å²) in [6, 6.07) is 83.6. The van der Waals surface area contributed by atoms with Crippen molar-refractivity contribution in [2.75, 3.05) is 4.90 Å². The van der Waals surface area contributed by atoms with Crippen molar-refractivity contribution in [1.29, 1.82) is 0 Å². The molecule has 0 N–H and O–H groups in total. The van der Waals surface area contributed by atoms with E-state index >= 15 is 0 Å². The number of rotatable bonds is 7. The summed E-state index contributed by atoms with van der Waals surface area (Å²) in [7, 11) is 0. The van der Waals surface area contributed by atoms with Crippen molar-refractivity contribution < 1.29 is 0 Å². The van der Waals surface area contributed by atoms with Gasteiger partial charge in [-0.15, -0.1) is 0 Å². The number of hydrogen-bond donors (Lipinski definition) is 0. The first-order chi connectivity index (χ1) is 28.7. The molecule has 0 saturated heterocycles. The van der Waals surface area contributed by atoms with Gasteiger partial charge in [-0.05, 0) is 110 Å². The maximum absolute atomic E-state index is 2.44. The summed E-state index contributed by atoms with van der Waals surface area (Å²) in [5.74, 6) is 0. The molecule has 0 unspecified atom stereocenters. The quantitative estimate of drug-likeness (QED) is 0.158. The topological polar surface area (TPSA) is 8.17 Å². The van der Waals surface area contributed by atoms with Gasteiger partial charge in [0.15, 0.2) is 0 Å². The molecule has 0 spiro atoms. The van der Waals surface area contributed by atoms with E-state index < -0.39 is 0 Å². The normalized spacial score (nSPS) is 11.4. The summed E-state index contributed by atoms with van der Waals surface area (Å²) in [4.78, 5) is 2.35. The third-order valence-electron chi connectivity index (χ3n) is 11.6. The van der Waals surface area contributed by atoms with Crippen LogP contribution >= 0.6 is 0 Å². The molecule has 11 rings (SSSR count). The van der Waals surface area contributed by atoms with E-state index in [9.17, 15) is 0 Å². The van der Waals surface area contributed by atoms with Crippen molar-refractivity contribution >= 4 is 60.4 Å². The second-order valence-corrected chi connectivity index (χ2v) is 15.0. The van der Waals surface area contributed by atoms with Gasteiger partial charge >= 0.3 is 0 Å². The Balaban J connectivity index is 0.998. The molecule has 0 saturated carbocycles. The fraction of sp³-hybridized carbons (Fsp3) is 0. The van der Waals surface area contributed by atoms with Gasteiger partial charge in [0.25, 0.3) is 0 Å². The predicted octanol–water partition coefficient (Wildman–Crippen LogP) is 15.6. The van der Waals surface area contributed by atoms with Crippen LogP contribution in [0.25, 0.3) is 82.4 Å². The SMILES string of the molecule is c1ccc(-c2ccc(N(c3ccc(-c4ccc5ccccc5c4)cc3)c3ccc(-c4ccc5c6ccc7ccccc7c6n(-c6ccccc6)c5c4)cc3)cc2)cc1. The average molecular weight is 739 g/mol. The number of nitrogens with zero attached hydrogens (tertiary/aromatic N) is 2. The first-order valence-corrected chi connectivity index (χ1v) is 19.9. The van der Waals surface area contributed by atoms with E-state index in [2.05, 4.69) is 240 Å². The molecule has 0 aliphatic carbocycles. The molecular weight excluding hydrogens is 701 g/mol. The number of para-hydroxylation sites is 1. The molecule has 0 atom stereocenters. The minimum absolute atomic E-state index is 1.10. The van der Waals surface area contributed by atoms with Crippen LogP contribution in [0.3, 0.4) is 0 Å². The molecule has 0 aliphatic heterocycles. The third-order valence-corrected chi connectivity index (χ3v) is 11.6. The molecular formula is C56H38N2. The van der Waals surface area contributed by atoms with Crippen LogP contribution in [0.5, 0.6) is 0 Å². The van der Waals surface area contributed by atoms with Crippen LogP contribution in [0, 0.1) is 0 Å². The van der Waals surface area contributed by atoms with Gasteiger partial charge in [0.1, 0.15) is 0 Å². The Hall–Kier alpha value is -7.68. The van der Waals surface area contributed by atoms with Crippen LogP contribution in [0.4, 0.5) is 17.1 Å². The van der Waals surface area contributed by atoms with Crippen LogP contribution in [-0.2, 0) is 0 Å². The number of fused-ring (bicyclic) bond motifs is 6. The molecule has 0 amide bonds. The van der Waals surface area contributed by atoms with E-state index in [1.54, 1.807) is 0 Å². The van der Waals surface area contributed by atoms with E-state index in [0.29, 0.717) is 0 Å². The van der Waals surface area contributed by atoms with Crippen LogP contribution in [0.1, 0.15) is 0 Å². The fourth-order valence-electron chi connectivity index (χ4n) is 8.66. The van der Waals surface area contributed by atoms with Crippen LogP contribution in [0.15, 0.2) is 231 Å². The maximum atomic E-state index is 2.44. The van der Waals surface area contributed by atoms with E-state index in [-0.39, 0.29) is 0 Å². The zero-order valence-electron chi connectivity index (χ0n) is 31.8. The van der Waals surface area contributed by atoms with E-state index in [1.165, 1.54) is 76.7 Å². The Bertz CT molecular complexity index is 3230. The Kier molecular flexibility index (Phi) is 8.19. The van der Waals surface area contributed by atoms with Gasteiger partial charge in [0.05, 0.1) is 11.0 Å². The molecule has 2 nitrogen and oxygen atoms in total. The average Bonchev–Trinajstić information content (AvgIpc) is 3.64.